The Morgan fingerprint density at radius 2 is 2.00 bits per heavy atom. The minimum absolute atomic E-state index is 0. The van der Waals surface area contributed by atoms with Gasteiger partial charge in [-0.1, -0.05) is 0 Å². The molecule has 0 saturated heterocycles. The summed E-state index contributed by atoms with van der Waals surface area (Å²) >= 11 is 1.34. The Bertz CT molecular complexity index is 917. The highest BCUT2D eigenvalue weighted by atomic mass is 127. The van der Waals surface area contributed by atoms with Gasteiger partial charge in [0, 0.05) is 23.9 Å². The number of hydrogen-bond acceptors (Lipinski definition) is 7. The molecule has 172 valence electrons. The van der Waals surface area contributed by atoms with E-state index in [1.54, 1.807) is 20.2 Å². The third-order valence-corrected chi connectivity index (χ3v) is 5.80. The predicted octanol–water partition coefficient (Wildman–Crippen LogP) is 4.08. The van der Waals surface area contributed by atoms with Gasteiger partial charge in [-0.2, -0.15) is 0 Å². The first-order valence-corrected chi connectivity index (χ1v) is 10.8. The fraction of sp³-hybridized carbons (Fsp3) is 0.524. The highest BCUT2D eigenvalue weighted by Crippen LogP contribution is 2.25. The lowest BCUT2D eigenvalue weighted by atomic mass is 10.1. The summed E-state index contributed by atoms with van der Waals surface area (Å²) < 4.78 is 10.6. The molecule has 0 bridgehead atoms. The van der Waals surface area contributed by atoms with E-state index in [9.17, 15) is 4.79 Å². The molecule has 2 N–H and O–H groups in total. The standard InChI is InChI=1S/C21H31N5O3S.HI/c1-8-22-21(24-11-16-13(4)17(28-7)12(3)10-23-16)26-15(6)19-25-14(5)18(30-19)20(27)29-9-2;/h10,15H,8-9,11H2,1-7H3,(H2,22,24,26);1H. The molecule has 1 unspecified atom stereocenters. The summed E-state index contributed by atoms with van der Waals surface area (Å²) in [5, 5.41) is 7.39. The molecule has 0 radical (unpaired) electrons. The van der Waals surface area contributed by atoms with Crippen LogP contribution in [0.25, 0.3) is 0 Å². The molecule has 0 aliphatic heterocycles. The van der Waals surface area contributed by atoms with Gasteiger partial charge >= 0.3 is 5.97 Å². The molecule has 0 saturated carbocycles. The number of halogens is 1. The van der Waals surface area contributed by atoms with E-state index in [1.165, 1.54) is 11.3 Å². The number of esters is 1. The second-order valence-corrected chi connectivity index (χ2v) is 7.83. The van der Waals surface area contributed by atoms with Crippen molar-refractivity contribution in [1.29, 1.82) is 0 Å². The Morgan fingerprint density at radius 1 is 1.29 bits per heavy atom. The zero-order chi connectivity index (χ0) is 22.3. The van der Waals surface area contributed by atoms with E-state index in [2.05, 4.69) is 25.6 Å². The van der Waals surface area contributed by atoms with Gasteiger partial charge in [-0.15, -0.1) is 35.3 Å². The normalized spacial score (nSPS) is 12.0. The number of carbonyl (C=O) groups is 1. The van der Waals surface area contributed by atoms with E-state index in [-0.39, 0.29) is 36.0 Å². The minimum Gasteiger partial charge on any atom is -0.496 e. The second-order valence-electron chi connectivity index (χ2n) is 6.79. The van der Waals surface area contributed by atoms with Crippen LogP contribution in [0.15, 0.2) is 11.2 Å². The maximum Gasteiger partial charge on any atom is 0.350 e. The summed E-state index contributed by atoms with van der Waals surface area (Å²) in [6, 6.07) is -0.128. The highest BCUT2D eigenvalue weighted by Gasteiger charge is 2.20. The Labute approximate surface area is 205 Å². The zero-order valence-electron chi connectivity index (χ0n) is 19.2. The molecule has 31 heavy (non-hydrogen) atoms. The predicted molar refractivity (Wildman–Crippen MR) is 135 cm³/mol. The molecule has 2 aromatic rings. The molecule has 0 spiro atoms. The monoisotopic (exact) mass is 561 g/mol. The molecule has 10 heteroatoms. The van der Waals surface area contributed by atoms with Gasteiger partial charge in [-0.25, -0.2) is 14.8 Å². The third-order valence-electron chi connectivity index (χ3n) is 4.48. The van der Waals surface area contributed by atoms with Gasteiger partial charge in [0.25, 0.3) is 0 Å². The quantitative estimate of drug-likeness (QED) is 0.217. The van der Waals surface area contributed by atoms with E-state index < -0.39 is 0 Å². The molecular weight excluding hydrogens is 529 g/mol. The number of guanidine groups is 1. The number of rotatable bonds is 8. The largest absolute Gasteiger partial charge is 0.496 e. The number of methoxy groups -OCH3 is 1. The zero-order valence-corrected chi connectivity index (χ0v) is 22.3. The lowest BCUT2D eigenvalue weighted by Crippen LogP contribution is -2.38. The Hall–Kier alpha value is -1.95. The van der Waals surface area contributed by atoms with Gasteiger partial charge in [-0.05, 0) is 41.5 Å². The number of ether oxygens (including phenoxy) is 2. The smallest absolute Gasteiger partial charge is 0.350 e. The molecule has 0 amide bonds. The average Bonchev–Trinajstić information content (AvgIpc) is 3.10. The Morgan fingerprint density at radius 3 is 2.61 bits per heavy atom. The van der Waals surface area contributed by atoms with Gasteiger partial charge < -0.3 is 20.1 Å². The highest BCUT2D eigenvalue weighted by molar-refractivity contribution is 14.0. The first kappa shape index (κ1) is 27.1. The summed E-state index contributed by atoms with van der Waals surface area (Å²) in [5.74, 6) is 1.16. The number of carbonyl (C=O) groups excluding carboxylic acids is 1. The van der Waals surface area contributed by atoms with Crippen molar-refractivity contribution >= 4 is 47.2 Å². The molecule has 1 atom stereocenters. The van der Waals surface area contributed by atoms with Gasteiger partial charge in [-0.3, -0.25) is 4.98 Å². The molecular formula is C21H32IN5O3S. The van der Waals surface area contributed by atoms with Crippen LogP contribution in [0.2, 0.25) is 0 Å². The molecule has 8 nitrogen and oxygen atoms in total. The van der Waals surface area contributed by atoms with Gasteiger partial charge in [0.2, 0.25) is 0 Å². The Kier molecular flexibility index (Phi) is 11.2. The molecule has 2 heterocycles. The molecule has 0 fully saturated rings. The van der Waals surface area contributed by atoms with Crippen molar-refractivity contribution in [2.75, 3.05) is 20.3 Å². The Balaban J connectivity index is 0.00000480. The van der Waals surface area contributed by atoms with E-state index in [0.717, 1.165) is 27.6 Å². The number of pyridine rings is 1. The number of aliphatic imine (C=N–C) groups is 1. The van der Waals surface area contributed by atoms with Crippen molar-refractivity contribution in [1.82, 2.24) is 20.6 Å². The molecule has 2 rings (SSSR count). The van der Waals surface area contributed by atoms with Crippen LogP contribution in [-0.2, 0) is 11.3 Å². The lowest BCUT2D eigenvalue weighted by molar-refractivity contribution is 0.0531. The van der Waals surface area contributed by atoms with Crippen LogP contribution in [-0.4, -0.2) is 42.2 Å². The van der Waals surface area contributed by atoms with E-state index in [4.69, 9.17) is 9.47 Å². The number of hydrogen-bond donors (Lipinski definition) is 2. The van der Waals surface area contributed by atoms with Gasteiger partial charge in [0.15, 0.2) is 5.96 Å². The maximum absolute atomic E-state index is 12.1. The first-order valence-electron chi connectivity index (χ1n) is 10.0. The van der Waals surface area contributed by atoms with Crippen molar-refractivity contribution in [2.45, 2.75) is 54.1 Å². The lowest BCUT2D eigenvalue weighted by Gasteiger charge is -2.16. The third kappa shape index (κ3) is 7.03. The van der Waals surface area contributed by atoms with E-state index in [0.29, 0.717) is 36.2 Å². The van der Waals surface area contributed by atoms with Crippen molar-refractivity contribution in [3.63, 3.8) is 0 Å². The van der Waals surface area contributed by atoms with Crippen molar-refractivity contribution in [3.8, 4) is 5.75 Å². The number of nitrogens with zero attached hydrogens (tertiary/aromatic N) is 3. The van der Waals surface area contributed by atoms with E-state index >= 15 is 0 Å². The van der Waals surface area contributed by atoms with Crippen LogP contribution < -0.4 is 15.4 Å². The number of aromatic nitrogens is 2. The molecule has 0 aliphatic rings. The second kappa shape index (κ2) is 12.8. The topological polar surface area (TPSA) is 97.7 Å². The SMILES string of the molecule is CCNC(=NCc1ncc(C)c(OC)c1C)NC(C)c1nc(C)c(C(=O)OCC)s1.I. The van der Waals surface area contributed by atoms with Crippen molar-refractivity contribution in [3.05, 3.63) is 38.6 Å². The van der Waals surface area contributed by atoms with Crippen LogP contribution in [0.4, 0.5) is 0 Å². The van der Waals surface area contributed by atoms with E-state index in [1.807, 2.05) is 34.6 Å². The summed E-state index contributed by atoms with van der Waals surface area (Å²) in [4.78, 5) is 26.3. The molecule has 0 aliphatic carbocycles. The summed E-state index contributed by atoms with van der Waals surface area (Å²) in [6.45, 7) is 13.0. The van der Waals surface area contributed by atoms with Crippen LogP contribution in [0.1, 0.15) is 64.0 Å². The maximum atomic E-state index is 12.1. The van der Waals surface area contributed by atoms with Crippen LogP contribution >= 0.6 is 35.3 Å². The summed E-state index contributed by atoms with van der Waals surface area (Å²) in [7, 11) is 1.66. The minimum atomic E-state index is -0.332. The van der Waals surface area contributed by atoms with Crippen molar-refractivity contribution in [2.24, 2.45) is 4.99 Å². The van der Waals surface area contributed by atoms with Gasteiger partial charge in [0.1, 0.15) is 15.6 Å². The molecule has 0 aromatic carbocycles. The van der Waals surface area contributed by atoms with Crippen LogP contribution in [0.3, 0.4) is 0 Å². The first-order chi connectivity index (χ1) is 14.3. The van der Waals surface area contributed by atoms with Crippen LogP contribution in [0.5, 0.6) is 5.75 Å². The number of aryl methyl sites for hydroxylation is 2. The molecule has 2 aromatic heterocycles. The van der Waals surface area contributed by atoms with Crippen molar-refractivity contribution < 1.29 is 14.3 Å². The van der Waals surface area contributed by atoms with Crippen LogP contribution in [0, 0.1) is 20.8 Å². The average molecular weight is 561 g/mol. The fourth-order valence-electron chi connectivity index (χ4n) is 2.96. The number of thiazole rings is 1. The fourth-order valence-corrected chi connectivity index (χ4v) is 3.92. The summed E-state index contributed by atoms with van der Waals surface area (Å²) in [5.41, 5.74) is 3.52. The number of nitrogens with one attached hydrogen (secondary N) is 2. The summed E-state index contributed by atoms with van der Waals surface area (Å²) in [6.07, 6.45) is 1.80. The van der Waals surface area contributed by atoms with Gasteiger partial charge in [0.05, 0.1) is 37.7 Å².